The lowest BCUT2D eigenvalue weighted by Crippen LogP contribution is -2.42. The first-order chi connectivity index (χ1) is 9.28. The predicted molar refractivity (Wildman–Crippen MR) is 82.2 cm³/mol. The molecule has 1 unspecified atom stereocenters. The van der Waals surface area contributed by atoms with E-state index in [4.69, 9.17) is 5.73 Å². The molecule has 0 aliphatic heterocycles. The van der Waals surface area contributed by atoms with Gasteiger partial charge in [-0.15, -0.1) is 0 Å². The third-order valence-corrected chi connectivity index (χ3v) is 3.12. The Morgan fingerprint density at radius 3 is 2.25 bits per heavy atom. The topological polar surface area (TPSA) is 84.2 Å². The molecule has 1 atom stereocenters. The van der Waals surface area contributed by atoms with Crippen LogP contribution in [0.5, 0.6) is 0 Å². The van der Waals surface area contributed by atoms with Crippen molar-refractivity contribution in [3.8, 4) is 0 Å². The summed E-state index contributed by atoms with van der Waals surface area (Å²) < 4.78 is 0. The molecule has 0 saturated heterocycles. The zero-order valence-corrected chi connectivity index (χ0v) is 13.4. The maximum atomic E-state index is 11.7. The Morgan fingerprint density at radius 2 is 1.75 bits per heavy atom. The van der Waals surface area contributed by atoms with Gasteiger partial charge in [0.15, 0.2) is 0 Å². The van der Waals surface area contributed by atoms with Gasteiger partial charge < -0.3 is 16.4 Å². The quantitative estimate of drug-likeness (QED) is 0.601. The second-order valence-electron chi connectivity index (χ2n) is 6.29. The van der Waals surface area contributed by atoms with Crippen molar-refractivity contribution in [1.29, 1.82) is 0 Å². The minimum Gasteiger partial charge on any atom is -0.356 e. The predicted octanol–water partition coefficient (Wildman–Crippen LogP) is 1.56. The molecule has 5 nitrogen and oxygen atoms in total. The standard InChI is InChI=1S/C15H31N3O2/c1-5-12(8-10-16)6-7-13(19)17-11-9-14(20)18-15(2,3)4/h12H,5-11,16H2,1-4H3,(H,17,19)(H,18,20). The third kappa shape index (κ3) is 10.8. The van der Waals surface area contributed by atoms with Gasteiger partial charge in [0.2, 0.25) is 11.8 Å². The van der Waals surface area contributed by atoms with Crippen LogP contribution in [-0.4, -0.2) is 30.4 Å². The van der Waals surface area contributed by atoms with Crippen molar-refractivity contribution in [2.75, 3.05) is 13.1 Å². The SMILES string of the molecule is CCC(CCN)CCC(=O)NCCC(=O)NC(C)(C)C. The van der Waals surface area contributed by atoms with Crippen LogP contribution in [0.2, 0.25) is 0 Å². The zero-order chi connectivity index (χ0) is 15.6. The molecule has 2 amide bonds. The van der Waals surface area contributed by atoms with Crippen molar-refractivity contribution in [1.82, 2.24) is 10.6 Å². The Hall–Kier alpha value is -1.10. The summed E-state index contributed by atoms with van der Waals surface area (Å²) in [5.41, 5.74) is 5.31. The molecular weight excluding hydrogens is 254 g/mol. The molecule has 118 valence electrons. The first-order valence-electron chi connectivity index (χ1n) is 7.56. The minimum absolute atomic E-state index is 0.0176. The molecule has 4 N–H and O–H groups in total. The van der Waals surface area contributed by atoms with Crippen LogP contribution in [0.4, 0.5) is 0 Å². The molecule has 0 fully saturated rings. The summed E-state index contributed by atoms with van der Waals surface area (Å²) >= 11 is 0. The third-order valence-electron chi connectivity index (χ3n) is 3.12. The summed E-state index contributed by atoms with van der Waals surface area (Å²) in [5, 5.41) is 5.65. The van der Waals surface area contributed by atoms with E-state index in [0.717, 1.165) is 19.3 Å². The van der Waals surface area contributed by atoms with Crippen LogP contribution < -0.4 is 16.4 Å². The van der Waals surface area contributed by atoms with Crippen LogP contribution in [0.25, 0.3) is 0 Å². The van der Waals surface area contributed by atoms with Gasteiger partial charge in [-0.25, -0.2) is 0 Å². The van der Waals surface area contributed by atoms with Gasteiger partial charge in [-0.3, -0.25) is 9.59 Å². The van der Waals surface area contributed by atoms with Gasteiger partial charge in [0.25, 0.3) is 0 Å². The van der Waals surface area contributed by atoms with E-state index in [1.807, 2.05) is 20.8 Å². The highest BCUT2D eigenvalue weighted by atomic mass is 16.2. The van der Waals surface area contributed by atoms with Crippen LogP contribution >= 0.6 is 0 Å². The average molecular weight is 285 g/mol. The number of amides is 2. The molecule has 0 heterocycles. The fourth-order valence-electron chi connectivity index (χ4n) is 2.01. The molecule has 0 aromatic carbocycles. The van der Waals surface area contributed by atoms with Gasteiger partial charge in [0.1, 0.15) is 0 Å². The summed E-state index contributed by atoms with van der Waals surface area (Å²) in [6.45, 7) is 9.00. The van der Waals surface area contributed by atoms with Crippen molar-refractivity contribution in [3.63, 3.8) is 0 Å². The molecule has 0 bridgehead atoms. The van der Waals surface area contributed by atoms with Crippen molar-refractivity contribution >= 4 is 11.8 Å². The maximum absolute atomic E-state index is 11.7. The van der Waals surface area contributed by atoms with Gasteiger partial charge in [0, 0.05) is 24.9 Å². The Morgan fingerprint density at radius 1 is 1.10 bits per heavy atom. The number of carbonyl (C=O) groups is 2. The number of nitrogens with one attached hydrogen (secondary N) is 2. The van der Waals surface area contributed by atoms with Crippen LogP contribution in [-0.2, 0) is 9.59 Å². The van der Waals surface area contributed by atoms with Gasteiger partial charge in [-0.1, -0.05) is 13.3 Å². The van der Waals surface area contributed by atoms with Crippen molar-refractivity contribution in [2.24, 2.45) is 11.7 Å². The number of rotatable bonds is 9. The Balaban J connectivity index is 3.75. The van der Waals surface area contributed by atoms with Crippen molar-refractivity contribution in [2.45, 2.75) is 65.3 Å². The fraction of sp³-hybridized carbons (Fsp3) is 0.867. The van der Waals surface area contributed by atoms with E-state index in [9.17, 15) is 9.59 Å². The summed E-state index contributed by atoms with van der Waals surface area (Å²) in [4.78, 5) is 23.2. The van der Waals surface area contributed by atoms with Crippen LogP contribution in [0.1, 0.15) is 59.8 Å². The molecule has 0 aliphatic rings. The molecule has 0 saturated carbocycles. The van der Waals surface area contributed by atoms with E-state index in [0.29, 0.717) is 31.8 Å². The first-order valence-corrected chi connectivity index (χ1v) is 7.56. The van der Waals surface area contributed by atoms with Crippen molar-refractivity contribution in [3.05, 3.63) is 0 Å². The molecule has 0 aromatic rings. The Labute approximate surface area is 123 Å². The summed E-state index contributed by atoms with van der Waals surface area (Å²) in [5.74, 6) is 0.506. The molecular formula is C15H31N3O2. The van der Waals surface area contributed by atoms with Crippen LogP contribution in [0, 0.1) is 5.92 Å². The van der Waals surface area contributed by atoms with Crippen LogP contribution in [0.15, 0.2) is 0 Å². The monoisotopic (exact) mass is 285 g/mol. The number of nitrogens with two attached hydrogens (primary N) is 1. The van der Waals surface area contributed by atoms with Gasteiger partial charge in [-0.2, -0.15) is 0 Å². The van der Waals surface area contributed by atoms with E-state index in [1.54, 1.807) is 0 Å². The lowest BCUT2D eigenvalue weighted by molar-refractivity contribution is -0.123. The lowest BCUT2D eigenvalue weighted by Gasteiger charge is -2.20. The maximum Gasteiger partial charge on any atom is 0.222 e. The van der Waals surface area contributed by atoms with E-state index in [2.05, 4.69) is 17.6 Å². The van der Waals surface area contributed by atoms with E-state index >= 15 is 0 Å². The highest BCUT2D eigenvalue weighted by molar-refractivity contribution is 5.79. The average Bonchev–Trinajstić information content (AvgIpc) is 2.32. The smallest absolute Gasteiger partial charge is 0.222 e. The highest BCUT2D eigenvalue weighted by Crippen LogP contribution is 2.14. The van der Waals surface area contributed by atoms with Gasteiger partial charge in [0.05, 0.1) is 0 Å². The summed E-state index contributed by atoms with van der Waals surface area (Å²) in [7, 11) is 0. The second-order valence-corrected chi connectivity index (χ2v) is 6.29. The van der Waals surface area contributed by atoms with E-state index < -0.39 is 0 Å². The molecule has 0 aromatic heterocycles. The lowest BCUT2D eigenvalue weighted by atomic mass is 9.96. The largest absolute Gasteiger partial charge is 0.356 e. The second kappa shape index (κ2) is 9.75. The van der Waals surface area contributed by atoms with Crippen molar-refractivity contribution < 1.29 is 9.59 Å². The summed E-state index contributed by atoms with van der Waals surface area (Å²) in [6, 6.07) is 0. The molecule has 0 radical (unpaired) electrons. The van der Waals surface area contributed by atoms with E-state index in [1.165, 1.54) is 0 Å². The van der Waals surface area contributed by atoms with Gasteiger partial charge >= 0.3 is 0 Å². The van der Waals surface area contributed by atoms with E-state index in [-0.39, 0.29) is 17.4 Å². The Bertz CT molecular complexity index is 298. The minimum atomic E-state index is -0.225. The molecule has 5 heteroatoms. The van der Waals surface area contributed by atoms with Crippen LogP contribution in [0.3, 0.4) is 0 Å². The summed E-state index contributed by atoms with van der Waals surface area (Å²) in [6.07, 6.45) is 3.73. The fourth-order valence-corrected chi connectivity index (χ4v) is 2.01. The molecule has 20 heavy (non-hydrogen) atoms. The van der Waals surface area contributed by atoms with Gasteiger partial charge in [-0.05, 0) is 46.1 Å². The highest BCUT2D eigenvalue weighted by Gasteiger charge is 2.13. The first kappa shape index (κ1) is 18.9. The zero-order valence-electron chi connectivity index (χ0n) is 13.4. The number of hydrogen-bond donors (Lipinski definition) is 3. The normalized spacial score (nSPS) is 12.8. The molecule has 0 aliphatic carbocycles. The molecule has 0 spiro atoms. The number of hydrogen-bond acceptors (Lipinski definition) is 3. The number of carbonyl (C=O) groups excluding carboxylic acids is 2. The molecule has 0 rings (SSSR count). The Kier molecular flexibility index (Phi) is 9.21.